The second-order valence-corrected chi connectivity index (χ2v) is 9.26. The van der Waals surface area contributed by atoms with Gasteiger partial charge in [-0.25, -0.2) is 14.6 Å². The van der Waals surface area contributed by atoms with Crippen LogP contribution in [-0.2, 0) is 14.3 Å². The lowest BCUT2D eigenvalue weighted by atomic mass is 10.0. The number of H-pyrrole nitrogens is 1. The summed E-state index contributed by atoms with van der Waals surface area (Å²) < 4.78 is 10.6. The Labute approximate surface area is 219 Å². The number of aromatic amines is 1. The number of nitrogens with one attached hydrogen (secondary N) is 3. The second kappa shape index (κ2) is 12.2. The van der Waals surface area contributed by atoms with Crippen LogP contribution in [0.15, 0.2) is 40.9 Å². The quantitative estimate of drug-likeness (QED) is 0.274. The van der Waals surface area contributed by atoms with Crippen molar-refractivity contribution in [3.8, 4) is 22.7 Å². The summed E-state index contributed by atoms with van der Waals surface area (Å²) in [5.41, 5.74) is 1.79. The molecule has 202 valence electrons. The van der Waals surface area contributed by atoms with Gasteiger partial charge in [0.25, 0.3) is 11.8 Å². The summed E-state index contributed by atoms with van der Waals surface area (Å²) in [6.07, 6.45) is 1.22. The molecule has 2 heterocycles. The van der Waals surface area contributed by atoms with E-state index in [4.69, 9.17) is 9.15 Å². The predicted molar refractivity (Wildman–Crippen MR) is 136 cm³/mol. The van der Waals surface area contributed by atoms with Crippen LogP contribution in [0.5, 0.6) is 0 Å². The van der Waals surface area contributed by atoms with E-state index in [2.05, 4.69) is 25.8 Å². The number of hydrogen-bond donors (Lipinski definition) is 4. The highest BCUT2D eigenvalue weighted by Gasteiger charge is 2.27. The van der Waals surface area contributed by atoms with Gasteiger partial charge in [0.1, 0.15) is 17.8 Å². The molecule has 0 aliphatic carbocycles. The summed E-state index contributed by atoms with van der Waals surface area (Å²) in [5.74, 6) is -3.32. The number of aliphatic carboxylic acids is 1. The Morgan fingerprint density at radius 2 is 1.66 bits per heavy atom. The largest absolute Gasteiger partial charge is 0.480 e. The first-order chi connectivity index (χ1) is 18.0. The van der Waals surface area contributed by atoms with Gasteiger partial charge in [-0.1, -0.05) is 39.8 Å². The highest BCUT2D eigenvalue weighted by Crippen LogP contribution is 2.26. The van der Waals surface area contributed by atoms with Crippen molar-refractivity contribution in [2.24, 2.45) is 11.8 Å². The number of ether oxygens (including phenoxy) is 1. The number of benzene rings is 1. The van der Waals surface area contributed by atoms with Gasteiger partial charge in [0.15, 0.2) is 0 Å². The van der Waals surface area contributed by atoms with Gasteiger partial charge in [-0.05, 0) is 37.0 Å². The third kappa shape index (κ3) is 6.64. The molecule has 0 spiro atoms. The highest BCUT2D eigenvalue weighted by atomic mass is 16.5. The van der Waals surface area contributed by atoms with Gasteiger partial charge in [-0.15, -0.1) is 0 Å². The first-order valence-corrected chi connectivity index (χ1v) is 12.1. The summed E-state index contributed by atoms with van der Waals surface area (Å²) in [6.45, 7) is 8.88. The van der Waals surface area contributed by atoms with Gasteiger partial charge < -0.3 is 24.9 Å². The lowest BCUT2D eigenvalue weighted by molar-refractivity contribution is -0.146. The predicted octanol–water partition coefficient (Wildman–Crippen LogP) is 2.89. The van der Waals surface area contributed by atoms with Crippen molar-refractivity contribution in [1.82, 2.24) is 25.8 Å². The Morgan fingerprint density at radius 1 is 1.00 bits per heavy atom. The monoisotopic (exact) mass is 525 g/mol. The molecule has 4 N–H and O–H groups in total. The Hall–Kier alpha value is -4.48. The molecule has 0 fully saturated rings. The van der Waals surface area contributed by atoms with Crippen molar-refractivity contribution in [2.75, 3.05) is 6.61 Å². The molecule has 3 rings (SSSR count). The Morgan fingerprint density at radius 3 is 2.29 bits per heavy atom. The Bertz CT molecular complexity index is 1310. The van der Waals surface area contributed by atoms with Gasteiger partial charge in [0, 0.05) is 11.1 Å². The Kier molecular flexibility index (Phi) is 9.00. The van der Waals surface area contributed by atoms with Crippen LogP contribution in [0.1, 0.15) is 55.7 Å². The van der Waals surface area contributed by atoms with Gasteiger partial charge in [-0.3, -0.25) is 14.7 Å². The first kappa shape index (κ1) is 28.1. The molecular weight excluding hydrogens is 494 g/mol. The molecule has 0 saturated carbocycles. The normalized spacial score (nSPS) is 12.7. The molecule has 12 heteroatoms. The zero-order chi connectivity index (χ0) is 28.0. The number of rotatable bonds is 11. The van der Waals surface area contributed by atoms with E-state index < -0.39 is 35.8 Å². The van der Waals surface area contributed by atoms with Crippen LogP contribution >= 0.6 is 0 Å². The van der Waals surface area contributed by atoms with Gasteiger partial charge >= 0.3 is 11.9 Å². The van der Waals surface area contributed by atoms with Gasteiger partial charge in [0.05, 0.1) is 18.5 Å². The molecule has 12 nitrogen and oxygen atoms in total. The summed E-state index contributed by atoms with van der Waals surface area (Å²) in [7, 11) is 0. The molecule has 38 heavy (non-hydrogen) atoms. The third-order valence-corrected chi connectivity index (χ3v) is 5.67. The highest BCUT2D eigenvalue weighted by molar-refractivity contribution is 5.96. The number of carbonyl (C=O) groups is 4. The number of nitrogens with zero attached hydrogens (tertiary/aromatic N) is 2. The average Bonchev–Trinajstić information content (AvgIpc) is 3.56. The maximum atomic E-state index is 12.7. The van der Waals surface area contributed by atoms with Gasteiger partial charge in [-0.2, -0.15) is 5.10 Å². The molecule has 0 saturated heterocycles. The number of carboxylic acids is 1. The van der Waals surface area contributed by atoms with Crippen molar-refractivity contribution in [3.63, 3.8) is 0 Å². The van der Waals surface area contributed by atoms with Crippen LogP contribution in [0.2, 0.25) is 0 Å². The van der Waals surface area contributed by atoms with E-state index >= 15 is 0 Å². The van der Waals surface area contributed by atoms with Crippen molar-refractivity contribution in [2.45, 2.75) is 46.7 Å². The maximum Gasteiger partial charge on any atom is 0.328 e. The average molecular weight is 526 g/mol. The molecule has 2 atom stereocenters. The lowest BCUT2D eigenvalue weighted by Gasteiger charge is -2.19. The number of carboxylic acid groups (broad SMARTS) is 1. The SMILES string of the molecule is CCOC(=O)C(NC(=O)c1cc(-c2cccc(-c3ncc(C(=O)NC(C(=O)O)C(C)C)o3)c2)n[nH]1)C(C)C. The molecule has 0 aliphatic heterocycles. The van der Waals surface area contributed by atoms with E-state index in [-0.39, 0.29) is 35.8 Å². The van der Waals surface area contributed by atoms with Crippen molar-refractivity contribution in [3.05, 3.63) is 48.0 Å². The van der Waals surface area contributed by atoms with E-state index in [1.807, 2.05) is 0 Å². The van der Waals surface area contributed by atoms with Crippen LogP contribution in [0, 0.1) is 11.8 Å². The van der Waals surface area contributed by atoms with Crippen molar-refractivity contribution < 1.29 is 33.4 Å². The minimum absolute atomic E-state index is 0.127. The minimum atomic E-state index is -1.14. The first-order valence-electron chi connectivity index (χ1n) is 12.1. The topological polar surface area (TPSA) is 177 Å². The van der Waals surface area contributed by atoms with E-state index in [0.717, 1.165) is 0 Å². The fourth-order valence-corrected chi connectivity index (χ4v) is 3.58. The number of oxazole rings is 1. The standard InChI is InChI=1S/C26H31N5O7/c1-6-37-26(36)21(14(4)5)29-22(32)18-11-17(30-31-18)15-8-7-9-16(10-15)24-27-12-19(38-24)23(33)28-20(13(2)3)25(34)35/h7-14,20-21H,6H2,1-5H3,(H,28,33)(H,29,32)(H,30,31)(H,34,35). The number of aromatic nitrogens is 3. The van der Waals surface area contributed by atoms with Crippen LogP contribution in [0.4, 0.5) is 0 Å². The summed E-state index contributed by atoms with van der Waals surface area (Å²) in [4.78, 5) is 52.9. The molecule has 0 bridgehead atoms. The Balaban J connectivity index is 1.76. The van der Waals surface area contributed by atoms with Crippen molar-refractivity contribution in [1.29, 1.82) is 0 Å². The number of esters is 1. The van der Waals surface area contributed by atoms with E-state index in [9.17, 15) is 24.3 Å². The van der Waals surface area contributed by atoms with Crippen LogP contribution in [0.3, 0.4) is 0 Å². The zero-order valence-electron chi connectivity index (χ0n) is 21.8. The minimum Gasteiger partial charge on any atom is -0.480 e. The maximum absolute atomic E-state index is 12.7. The van der Waals surface area contributed by atoms with Crippen LogP contribution < -0.4 is 10.6 Å². The van der Waals surface area contributed by atoms with Crippen molar-refractivity contribution >= 4 is 23.8 Å². The number of hydrogen-bond acceptors (Lipinski definition) is 8. The third-order valence-electron chi connectivity index (χ3n) is 5.67. The smallest absolute Gasteiger partial charge is 0.328 e. The molecular formula is C26H31N5O7. The molecule has 2 aromatic heterocycles. The number of carbonyl (C=O) groups excluding carboxylic acids is 3. The fraction of sp³-hybridized carbons (Fsp3) is 0.385. The number of amides is 2. The molecule has 2 amide bonds. The lowest BCUT2D eigenvalue weighted by Crippen LogP contribution is -2.45. The van der Waals surface area contributed by atoms with E-state index in [1.165, 1.54) is 6.20 Å². The summed E-state index contributed by atoms with van der Waals surface area (Å²) in [5, 5.41) is 21.3. The zero-order valence-corrected chi connectivity index (χ0v) is 21.8. The van der Waals surface area contributed by atoms with E-state index in [1.54, 1.807) is 65.0 Å². The van der Waals surface area contributed by atoms with Crippen LogP contribution in [-0.4, -0.2) is 62.7 Å². The summed E-state index contributed by atoms with van der Waals surface area (Å²) >= 11 is 0. The van der Waals surface area contributed by atoms with Gasteiger partial charge in [0.2, 0.25) is 11.7 Å². The summed E-state index contributed by atoms with van der Waals surface area (Å²) in [6, 6.07) is 6.61. The molecule has 3 aromatic rings. The molecule has 0 radical (unpaired) electrons. The van der Waals surface area contributed by atoms with E-state index in [0.29, 0.717) is 16.8 Å². The second-order valence-electron chi connectivity index (χ2n) is 9.26. The molecule has 1 aromatic carbocycles. The molecule has 0 aliphatic rings. The van der Waals surface area contributed by atoms with Crippen LogP contribution in [0.25, 0.3) is 22.7 Å². The molecule has 2 unspecified atom stereocenters. The fourth-order valence-electron chi connectivity index (χ4n) is 3.58.